The standard InChI is InChI=1S/C19H18BNO/c1-19(2,3)14-9-11-18(22-20)15(12-14)17-10-8-13-6-4-5-7-16(13)21-17/h4-12H,1-3H3. The monoisotopic (exact) mass is 287 g/mol. The molecule has 108 valence electrons. The minimum atomic E-state index is 0.0543. The van der Waals surface area contributed by atoms with Crippen molar-refractivity contribution in [2.45, 2.75) is 26.2 Å². The first kappa shape index (κ1) is 14.6. The van der Waals surface area contributed by atoms with Gasteiger partial charge in [0, 0.05) is 10.9 Å². The highest BCUT2D eigenvalue weighted by Crippen LogP contribution is 2.34. The van der Waals surface area contributed by atoms with Crippen molar-refractivity contribution in [2.75, 3.05) is 0 Å². The lowest BCUT2D eigenvalue weighted by atomic mass is 9.85. The van der Waals surface area contributed by atoms with E-state index in [0.29, 0.717) is 5.75 Å². The van der Waals surface area contributed by atoms with Gasteiger partial charge in [0.2, 0.25) is 0 Å². The quantitative estimate of drug-likeness (QED) is 0.639. The Labute approximate surface area is 132 Å². The van der Waals surface area contributed by atoms with E-state index in [-0.39, 0.29) is 5.41 Å². The molecule has 2 radical (unpaired) electrons. The highest BCUT2D eigenvalue weighted by atomic mass is 16.4. The molecular formula is C19H18BNO. The summed E-state index contributed by atoms with van der Waals surface area (Å²) in [5.74, 6) is 0.635. The molecule has 0 fully saturated rings. The molecule has 0 amide bonds. The minimum Gasteiger partial charge on any atom is -0.567 e. The second-order valence-electron chi connectivity index (χ2n) is 6.47. The van der Waals surface area contributed by atoms with E-state index < -0.39 is 0 Å². The molecule has 1 aromatic heterocycles. The Bertz CT molecular complexity index is 821. The molecule has 2 aromatic carbocycles. The molecule has 0 bridgehead atoms. The molecule has 2 nitrogen and oxygen atoms in total. The summed E-state index contributed by atoms with van der Waals surface area (Å²) in [5.41, 5.74) is 4.02. The van der Waals surface area contributed by atoms with Crippen LogP contribution in [0.4, 0.5) is 0 Å². The number of pyridine rings is 1. The molecule has 3 aromatic rings. The van der Waals surface area contributed by atoms with Gasteiger partial charge >= 0.3 is 8.05 Å². The molecule has 0 saturated heterocycles. The van der Waals surface area contributed by atoms with Crippen LogP contribution < -0.4 is 4.65 Å². The van der Waals surface area contributed by atoms with Gasteiger partial charge in [-0.1, -0.05) is 51.1 Å². The van der Waals surface area contributed by atoms with Crippen LogP contribution in [0.1, 0.15) is 26.3 Å². The molecule has 3 rings (SSSR count). The first-order chi connectivity index (χ1) is 10.5. The van der Waals surface area contributed by atoms with Crippen LogP contribution in [0.5, 0.6) is 5.75 Å². The number of aromatic nitrogens is 1. The van der Waals surface area contributed by atoms with Crippen molar-refractivity contribution in [1.29, 1.82) is 0 Å². The van der Waals surface area contributed by atoms with Crippen molar-refractivity contribution < 1.29 is 4.65 Å². The predicted octanol–water partition coefficient (Wildman–Crippen LogP) is 4.66. The van der Waals surface area contributed by atoms with Crippen molar-refractivity contribution in [2.24, 2.45) is 0 Å². The largest absolute Gasteiger partial charge is 0.567 e. The molecule has 3 heteroatoms. The zero-order chi connectivity index (χ0) is 15.7. The van der Waals surface area contributed by atoms with Crippen molar-refractivity contribution in [3.8, 4) is 17.0 Å². The Balaban J connectivity index is 2.19. The van der Waals surface area contributed by atoms with Gasteiger partial charge < -0.3 is 4.65 Å². The number of fused-ring (bicyclic) bond motifs is 1. The molecule has 0 spiro atoms. The van der Waals surface area contributed by atoms with E-state index in [1.165, 1.54) is 5.56 Å². The maximum absolute atomic E-state index is 5.43. The smallest absolute Gasteiger partial charge is 0.374 e. The van der Waals surface area contributed by atoms with E-state index >= 15 is 0 Å². The second-order valence-corrected chi connectivity index (χ2v) is 6.47. The van der Waals surface area contributed by atoms with Crippen LogP contribution in [0.2, 0.25) is 0 Å². The minimum absolute atomic E-state index is 0.0543. The summed E-state index contributed by atoms with van der Waals surface area (Å²) in [4.78, 5) is 4.74. The Morgan fingerprint density at radius 2 is 1.73 bits per heavy atom. The summed E-state index contributed by atoms with van der Waals surface area (Å²) >= 11 is 0. The molecule has 0 aliphatic rings. The lowest BCUT2D eigenvalue weighted by Crippen LogP contribution is -2.11. The van der Waals surface area contributed by atoms with E-state index in [1.54, 1.807) is 0 Å². The molecule has 0 saturated carbocycles. The third kappa shape index (κ3) is 2.71. The van der Waals surface area contributed by atoms with E-state index in [2.05, 4.69) is 39.0 Å². The number of nitrogens with zero attached hydrogens (tertiary/aromatic N) is 1. The third-order valence-electron chi connectivity index (χ3n) is 3.85. The van der Waals surface area contributed by atoms with Gasteiger partial charge in [-0.25, -0.2) is 4.98 Å². The van der Waals surface area contributed by atoms with Gasteiger partial charge in [0.1, 0.15) is 5.75 Å². The number of para-hydroxylation sites is 1. The first-order valence-electron chi connectivity index (χ1n) is 7.36. The molecular weight excluding hydrogens is 269 g/mol. The Morgan fingerprint density at radius 3 is 2.45 bits per heavy atom. The number of rotatable bonds is 2. The number of benzene rings is 2. The Hall–Kier alpha value is -2.29. The fourth-order valence-electron chi connectivity index (χ4n) is 2.52. The van der Waals surface area contributed by atoms with Crippen LogP contribution in [-0.4, -0.2) is 13.0 Å². The fraction of sp³-hybridized carbons (Fsp3) is 0.211. The summed E-state index contributed by atoms with van der Waals surface area (Å²) in [7, 11) is 5.43. The van der Waals surface area contributed by atoms with Gasteiger partial charge in [-0.15, -0.1) is 0 Å². The van der Waals surface area contributed by atoms with Crippen LogP contribution in [-0.2, 0) is 5.41 Å². The Morgan fingerprint density at radius 1 is 0.955 bits per heavy atom. The van der Waals surface area contributed by atoms with E-state index in [9.17, 15) is 0 Å². The highest BCUT2D eigenvalue weighted by Gasteiger charge is 2.17. The van der Waals surface area contributed by atoms with Gasteiger partial charge in [0.15, 0.2) is 0 Å². The molecule has 0 aliphatic heterocycles. The molecule has 1 heterocycles. The summed E-state index contributed by atoms with van der Waals surface area (Å²) in [6.07, 6.45) is 0. The van der Waals surface area contributed by atoms with Gasteiger partial charge in [-0.05, 0) is 35.2 Å². The van der Waals surface area contributed by atoms with Gasteiger partial charge in [-0.2, -0.15) is 0 Å². The van der Waals surface area contributed by atoms with Crippen molar-refractivity contribution in [3.05, 3.63) is 60.2 Å². The second kappa shape index (κ2) is 5.49. The summed E-state index contributed by atoms with van der Waals surface area (Å²) < 4.78 is 5.04. The summed E-state index contributed by atoms with van der Waals surface area (Å²) in [5, 5.41) is 1.12. The van der Waals surface area contributed by atoms with Crippen molar-refractivity contribution in [3.63, 3.8) is 0 Å². The van der Waals surface area contributed by atoms with Crippen molar-refractivity contribution in [1.82, 2.24) is 4.98 Å². The van der Waals surface area contributed by atoms with E-state index in [0.717, 1.165) is 22.2 Å². The number of hydrogen-bond acceptors (Lipinski definition) is 2. The van der Waals surface area contributed by atoms with Crippen LogP contribution in [0, 0.1) is 0 Å². The molecule has 0 aliphatic carbocycles. The van der Waals surface area contributed by atoms with Crippen molar-refractivity contribution >= 4 is 19.0 Å². The average molecular weight is 287 g/mol. The molecule has 22 heavy (non-hydrogen) atoms. The lowest BCUT2D eigenvalue weighted by molar-refractivity contribution is 0.584. The van der Waals surface area contributed by atoms with Crippen LogP contribution in [0.15, 0.2) is 54.6 Å². The zero-order valence-corrected chi connectivity index (χ0v) is 13.1. The fourth-order valence-corrected chi connectivity index (χ4v) is 2.52. The van der Waals surface area contributed by atoms with Crippen LogP contribution >= 0.6 is 0 Å². The van der Waals surface area contributed by atoms with Crippen LogP contribution in [0.3, 0.4) is 0 Å². The molecule has 0 atom stereocenters. The molecule has 0 unspecified atom stereocenters. The maximum atomic E-state index is 5.43. The topological polar surface area (TPSA) is 22.1 Å². The zero-order valence-electron chi connectivity index (χ0n) is 13.1. The predicted molar refractivity (Wildman–Crippen MR) is 92.3 cm³/mol. The maximum Gasteiger partial charge on any atom is 0.374 e. The van der Waals surface area contributed by atoms with E-state index in [4.69, 9.17) is 17.7 Å². The van der Waals surface area contributed by atoms with Crippen LogP contribution in [0.25, 0.3) is 22.2 Å². The lowest BCUT2D eigenvalue weighted by Gasteiger charge is -2.21. The normalized spacial score (nSPS) is 11.6. The summed E-state index contributed by atoms with van der Waals surface area (Å²) in [6, 6.07) is 18.2. The first-order valence-corrected chi connectivity index (χ1v) is 7.36. The van der Waals surface area contributed by atoms with Gasteiger partial charge in [0.25, 0.3) is 0 Å². The van der Waals surface area contributed by atoms with Gasteiger partial charge in [0.05, 0.1) is 11.2 Å². The van der Waals surface area contributed by atoms with Gasteiger partial charge in [-0.3, -0.25) is 0 Å². The Kier molecular flexibility index (Phi) is 3.65. The summed E-state index contributed by atoms with van der Waals surface area (Å²) in [6.45, 7) is 6.55. The third-order valence-corrected chi connectivity index (χ3v) is 3.85. The average Bonchev–Trinajstić information content (AvgIpc) is 2.53. The SMILES string of the molecule is [B]Oc1ccc(C(C)(C)C)cc1-c1ccc2ccccc2n1. The highest BCUT2D eigenvalue weighted by molar-refractivity contribution is 6.00. The van der Waals surface area contributed by atoms with E-state index in [1.807, 2.05) is 36.4 Å². The molecule has 0 N–H and O–H groups in total. The number of hydrogen-bond donors (Lipinski definition) is 0.